The molecule has 1 atom stereocenters. The van der Waals surface area contributed by atoms with Crippen LogP contribution in [0.4, 0.5) is 10.2 Å². The molecule has 1 aromatic heterocycles. The second-order valence-corrected chi connectivity index (χ2v) is 5.62. The first kappa shape index (κ1) is 13.8. The van der Waals surface area contributed by atoms with Crippen LogP contribution < -0.4 is 10.2 Å². The molecule has 1 aromatic rings. The zero-order valence-electron chi connectivity index (χ0n) is 11.9. The Bertz CT molecular complexity index is 464. The molecule has 4 nitrogen and oxygen atoms in total. The summed E-state index contributed by atoms with van der Waals surface area (Å²) in [7, 11) is 0. The molecule has 1 N–H and O–H groups in total. The van der Waals surface area contributed by atoms with E-state index in [1.54, 1.807) is 6.07 Å². The van der Waals surface area contributed by atoms with Crippen molar-refractivity contribution in [3.05, 3.63) is 23.6 Å². The molecule has 1 aliphatic carbocycles. The number of morpholine rings is 1. The highest BCUT2D eigenvalue weighted by molar-refractivity contribution is 5.48. The normalized spacial score (nSPS) is 23.1. The molecule has 2 aliphatic rings. The Kier molecular flexibility index (Phi) is 4.17. The number of pyridine rings is 1. The van der Waals surface area contributed by atoms with Crippen LogP contribution in [0, 0.1) is 5.82 Å². The van der Waals surface area contributed by atoms with Crippen molar-refractivity contribution < 1.29 is 9.13 Å². The molecule has 0 radical (unpaired) electrons. The van der Waals surface area contributed by atoms with Crippen molar-refractivity contribution in [2.75, 3.05) is 24.7 Å². The first-order valence-corrected chi connectivity index (χ1v) is 7.50. The highest BCUT2D eigenvalue weighted by Gasteiger charge is 2.26. The Morgan fingerprint density at radius 3 is 3.10 bits per heavy atom. The lowest BCUT2D eigenvalue weighted by Crippen LogP contribution is -2.46. The summed E-state index contributed by atoms with van der Waals surface area (Å²) < 4.78 is 19.0. The Morgan fingerprint density at radius 1 is 1.50 bits per heavy atom. The second kappa shape index (κ2) is 6.06. The van der Waals surface area contributed by atoms with Gasteiger partial charge in [0.1, 0.15) is 11.6 Å². The third kappa shape index (κ3) is 3.10. The lowest BCUT2D eigenvalue weighted by atomic mass is 10.1. The first-order chi connectivity index (χ1) is 9.78. The summed E-state index contributed by atoms with van der Waals surface area (Å²) in [5.41, 5.74) is 0.956. The van der Waals surface area contributed by atoms with Gasteiger partial charge in [0, 0.05) is 24.7 Å². The van der Waals surface area contributed by atoms with Gasteiger partial charge in [-0.1, -0.05) is 6.92 Å². The Morgan fingerprint density at radius 2 is 2.35 bits per heavy atom. The number of aromatic nitrogens is 1. The molecule has 2 fully saturated rings. The smallest absolute Gasteiger partial charge is 0.141 e. The summed E-state index contributed by atoms with van der Waals surface area (Å²) >= 11 is 0. The SMILES string of the molecule is CCC1COCCN1c1ncc(F)cc1CNC1CC1. The molecule has 0 aromatic carbocycles. The van der Waals surface area contributed by atoms with E-state index in [1.165, 1.54) is 19.0 Å². The summed E-state index contributed by atoms with van der Waals surface area (Å²) in [5, 5.41) is 3.45. The number of nitrogens with zero attached hydrogens (tertiary/aromatic N) is 2. The van der Waals surface area contributed by atoms with Gasteiger partial charge in [-0.25, -0.2) is 9.37 Å². The average molecular weight is 279 g/mol. The maximum absolute atomic E-state index is 13.5. The summed E-state index contributed by atoms with van der Waals surface area (Å²) in [6.45, 7) is 5.11. The van der Waals surface area contributed by atoms with Gasteiger partial charge in [-0.3, -0.25) is 0 Å². The van der Waals surface area contributed by atoms with Crippen molar-refractivity contribution >= 4 is 5.82 Å². The van der Waals surface area contributed by atoms with Crippen LogP contribution >= 0.6 is 0 Å². The van der Waals surface area contributed by atoms with Gasteiger partial charge in [0.2, 0.25) is 0 Å². The van der Waals surface area contributed by atoms with E-state index in [0.29, 0.717) is 25.2 Å². The molecule has 3 rings (SSSR count). The van der Waals surface area contributed by atoms with E-state index in [2.05, 4.69) is 22.1 Å². The molecule has 1 saturated heterocycles. The van der Waals surface area contributed by atoms with Gasteiger partial charge in [-0.2, -0.15) is 0 Å². The summed E-state index contributed by atoms with van der Waals surface area (Å²) in [5.74, 6) is 0.650. The van der Waals surface area contributed by atoms with Gasteiger partial charge in [0.25, 0.3) is 0 Å². The van der Waals surface area contributed by atoms with Crippen molar-refractivity contribution in [3.8, 4) is 0 Å². The molecule has 0 spiro atoms. The van der Waals surface area contributed by atoms with Crippen molar-refractivity contribution in [2.45, 2.75) is 44.8 Å². The van der Waals surface area contributed by atoms with Crippen LogP contribution in [0.5, 0.6) is 0 Å². The maximum Gasteiger partial charge on any atom is 0.141 e. The van der Waals surface area contributed by atoms with Crippen LogP contribution in [0.3, 0.4) is 0 Å². The van der Waals surface area contributed by atoms with Crippen LogP contribution in [0.1, 0.15) is 31.7 Å². The molecule has 2 heterocycles. The van der Waals surface area contributed by atoms with Crippen LogP contribution in [-0.2, 0) is 11.3 Å². The molecular weight excluding hydrogens is 257 g/mol. The minimum Gasteiger partial charge on any atom is -0.377 e. The predicted octanol–water partition coefficient (Wildman–Crippen LogP) is 2.09. The van der Waals surface area contributed by atoms with Crippen LogP contribution in [-0.4, -0.2) is 36.8 Å². The van der Waals surface area contributed by atoms with E-state index < -0.39 is 0 Å². The van der Waals surface area contributed by atoms with Crippen molar-refractivity contribution in [2.24, 2.45) is 0 Å². The molecule has 0 amide bonds. The van der Waals surface area contributed by atoms with Gasteiger partial charge in [-0.05, 0) is 25.3 Å². The Labute approximate surface area is 119 Å². The van der Waals surface area contributed by atoms with E-state index in [4.69, 9.17) is 4.74 Å². The third-order valence-electron chi connectivity index (χ3n) is 4.04. The fourth-order valence-corrected chi connectivity index (χ4v) is 2.68. The molecule has 5 heteroatoms. The number of hydrogen-bond acceptors (Lipinski definition) is 4. The van der Waals surface area contributed by atoms with Crippen LogP contribution in [0.15, 0.2) is 12.3 Å². The fraction of sp³-hybridized carbons (Fsp3) is 0.667. The standard InChI is InChI=1S/C15H22FN3O/c1-2-14-10-20-6-5-19(14)15-11(7-12(16)9-18-15)8-17-13-3-4-13/h7,9,13-14,17H,2-6,8,10H2,1H3. The number of rotatable bonds is 5. The summed E-state index contributed by atoms with van der Waals surface area (Å²) in [4.78, 5) is 6.62. The fourth-order valence-electron chi connectivity index (χ4n) is 2.68. The van der Waals surface area contributed by atoms with Crippen molar-refractivity contribution in [3.63, 3.8) is 0 Å². The molecule has 1 saturated carbocycles. The summed E-state index contributed by atoms with van der Waals surface area (Å²) in [6, 6.07) is 2.55. The van der Waals surface area contributed by atoms with Crippen molar-refractivity contribution in [1.29, 1.82) is 0 Å². The van der Waals surface area contributed by atoms with E-state index in [9.17, 15) is 4.39 Å². The van der Waals surface area contributed by atoms with E-state index in [-0.39, 0.29) is 5.82 Å². The number of hydrogen-bond donors (Lipinski definition) is 1. The lowest BCUT2D eigenvalue weighted by Gasteiger charge is -2.37. The minimum absolute atomic E-state index is 0.261. The Hall–Kier alpha value is -1.20. The molecule has 0 bridgehead atoms. The number of nitrogens with one attached hydrogen (secondary N) is 1. The number of halogens is 1. The minimum atomic E-state index is -0.261. The van der Waals surface area contributed by atoms with E-state index in [1.807, 2.05) is 0 Å². The quantitative estimate of drug-likeness (QED) is 0.895. The predicted molar refractivity (Wildman–Crippen MR) is 76.3 cm³/mol. The van der Waals surface area contributed by atoms with E-state index in [0.717, 1.165) is 31.0 Å². The average Bonchev–Trinajstić information content (AvgIpc) is 3.29. The maximum atomic E-state index is 13.5. The molecular formula is C15H22FN3O. The Balaban J connectivity index is 1.81. The largest absolute Gasteiger partial charge is 0.377 e. The van der Waals surface area contributed by atoms with Gasteiger partial charge in [-0.15, -0.1) is 0 Å². The summed E-state index contributed by atoms with van der Waals surface area (Å²) in [6.07, 6.45) is 4.78. The van der Waals surface area contributed by atoms with E-state index >= 15 is 0 Å². The third-order valence-corrected chi connectivity index (χ3v) is 4.04. The second-order valence-electron chi connectivity index (χ2n) is 5.62. The zero-order chi connectivity index (χ0) is 13.9. The molecule has 110 valence electrons. The highest BCUT2D eigenvalue weighted by Crippen LogP contribution is 2.25. The van der Waals surface area contributed by atoms with Gasteiger partial charge >= 0.3 is 0 Å². The van der Waals surface area contributed by atoms with Crippen LogP contribution in [0.2, 0.25) is 0 Å². The van der Waals surface area contributed by atoms with Crippen LogP contribution in [0.25, 0.3) is 0 Å². The molecule has 1 unspecified atom stereocenters. The monoisotopic (exact) mass is 279 g/mol. The van der Waals surface area contributed by atoms with Gasteiger partial charge < -0.3 is 15.0 Å². The topological polar surface area (TPSA) is 37.4 Å². The molecule has 1 aliphatic heterocycles. The van der Waals surface area contributed by atoms with Crippen molar-refractivity contribution in [1.82, 2.24) is 10.3 Å². The van der Waals surface area contributed by atoms with Gasteiger partial charge in [0.15, 0.2) is 0 Å². The van der Waals surface area contributed by atoms with Gasteiger partial charge in [0.05, 0.1) is 25.5 Å². The zero-order valence-corrected chi connectivity index (χ0v) is 11.9. The first-order valence-electron chi connectivity index (χ1n) is 7.50. The number of anilines is 1. The molecule has 20 heavy (non-hydrogen) atoms. The highest BCUT2D eigenvalue weighted by atomic mass is 19.1. The lowest BCUT2D eigenvalue weighted by molar-refractivity contribution is 0.0924. The number of ether oxygens (including phenoxy) is 1.